The fourth-order valence-electron chi connectivity index (χ4n) is 1.85. The number of carbonyl (C=O) groups is 1. The number of H-pyrrole nitrogens is 1. The smallest absolute Gasteiger partial charge is 0.146 e. The molecule has 0 unspecified atom stereocenters. The van der Waals surface area contributed by atoms with E-state index in [2.05, 4.69) is 11.1 Å². The summed E-state index contributed by atoms with van der Waals surface area (Å²) >= 11 is 0. The Morgan fingerprint density at radius 2 is 2.00 bits per heavy atom. The standard InChI is InChI=1S/C13H16N2O.C2H6/c1-9(16)12(14)7-6-10-8-15-13-5-3-2-4-11(10)13;1-2/h2-5,8,12,15H,6-7,14H2,1H3;1-2H3/t12-;/m0./s1. The summed E-state index contributed by atoms with van der Waals surface area (Å²) < 4.78 is 0. The number of benzene rings is 1. The second kappa shape index (κ2) is 6.97. The molecule has 2 rings (SSSR count). The van der Waals surface area contributed by atoms with Gasteiger partial charge in [0.1, 0.15) is 5.78 Å². The minimum absolute atomic E-state index is 0.0554. The first-order valence-electron chi connectivity index (χ1n) is 6.49. The van der Waals surface area contributed by atoms with Gasteiger partial charge in [0.2, 0.25) is 0 Å². The lowest BCUT2D eigenvalue weighted by Gasteiger charge is -2.06. The van der Waals surface area contributed by atoms with Gasteiger partial charge in [-0.05, 0) is 31.4 Å². The molecule has 2 aromatic rings. The van der Waals surface area contributed by atoms with Gasteiger partial charge in [-0.25, -0.2) is 0 Å². The second-order valence-electron chi connectivity index (χ2n) is 4.12. The molecule has 0 bridgehead atoms. The van der Waals surface area contributed by atoms with E-state index in [0.29, 0.717) is 6.42 Å². The van der Waals surface area contributed by atoms with E-state index in [1.54, 1.807) is 6.92 Å². The lowest BCUT2D eigenvalue weighted by Crippen LogP contribution is -2.28. The van der Waals surface area contributed by atoms with E-state index in [-0.39, 0.29) is 11.8 Å². The van der Waals surface area contributed by atoms with Crippen LogP contribution in [0.25, 0.3) is 10.9 Å². The molecule has 1 aromatic carbocycles. The van der Waals surface area contributed by atoms with E-state index >= 15 is 0 Å². The molecule has 0 aliphatic carbocycles. The summed E-state index contributed by atoms with van der Waals surface area (Å²) in [6.45, 7) is 5.54. The number of rotatable bonds is 4. The van der Waals surface area contributed by atoms with E-state index in [1.807, 2.05) is 38.2 Å². The number of nitrogens with one attached hydrogen (secondary N) is 1. The number of nitrogens with two attached hydrogens (primary N) is 1. The third-order valence-corrected chi connectivity index (χ3v) is 2.92. The molecule has 98 valence electrons. The Morgan fingerprint density at radius 3 is 2.67 bits per heavy atom. The molecule has 1 atom stereocenters. The van der Waals surface area contributed by atoms with Gasteiger partial charge in [0, 0.05) is 17.1 Å². The van der Waals surface area contributed by atoms with E-state index in [4.69, 9.17) is 5.73 Å². The molecule has 3 heteroatoms. The number of aromatic nitrogens is 1. The number of hydrogen-bond donors (Lipinski definition) is 2. The second-order valence-corrected chi connectivity index (χ2v) is 4.12. The first-order valence-corrected chi connectivity index (χ1v) is 6.49. The third kappa shape index (κ3) is 3.44. The minimum Gasteiger partial charge on any atom is -0.361 e. The van der Waals surface area contributed by atoms with Gasteiger partial charge in [-0.2, -0.15) is 0 Å². The molecule has 0 saturated carbocycles. The minimum atomic E-state index is -0.339. The predicted molar refractivity (Wildman–Crippen MR) is 76.6 cm³/mol. The number of fused-ring (bicyclic) bond motifs is 1. The monoisotopic (exact) mass is 246 g/mol. The molecular weight excluding hydrogens is 224 g/mol. The first kappa shape index (κ1) is 14.5. The molecule has 0 fully saturated rings. The van der Waals surface area contributed by atoms with Gasteiger partial charge in [0.15, 0.2) is 0 Å². The van der Waals surface area contributed by atoms with Crippen LogP contribution < -0.4 is 5.73 Å². The van der Waals surface area contributed by atoms with Crippen LogP contribution in [0.5, 0.6) is 0 Å². The molecule has 18 heavy (non-hydrogen) atoms. The normalized spacial score (nSPS) is 11.8. The Hall–Kier alpha value is -1.61. The van der Waals surface area contributed by atoms with E-state index < -0.39 is 0 Å². The Bertz CT molecular complexity index is 502. The van der Waals surface area contributed by atoms with Crippen LogP contribution in [-0.4, -0.2) is 16.8 Å². The molecule has 1 aromatic heterocycles. The fraction of sp³-hybridized carbons (Fsp3) is 0.400. The largest absolute Gasteiger partial charge is 0.361 e. The zero-order valence-electron chi connectivity index (χ0n) is 11.4. The van der Waals surface area contributed by atoms with Crippen molar-refractivity contribution < 1.29 is 4.79 Å². The average Bonchev–Trinajstić information content (AvgIpc) is 2.81. The highest BCUT2D eigenvalue weighted by molar-refractivity contribution is 5.83. The van der Waals surface area contributed by atoms with E-state index in [1.165, 1.54) is 10.9 Å². The molecule has 3 nitrogen and oxygen atoms in total. The van der Waals surface area contributed by atoms with Crippen LogP contribution in [0.2, 0.25) is 0 Å². The fourth-order valence-corrected chi connectivity index (χ4v) is 1.85. The van der Waals surface area contributed by atoms with Crippen molar-refractivity contribution in [2.45, 2.75) is 39.7 Å². The van der Waals surface area contributed by atoms with Crippen LogP contribution in [0.1, 0.15) is 32.8 Å². The number of aromatic amines is 1. The van der Waals surface area contributed by atoms with Crippen molar-refractivity contribution in [1.29, 1.82) is 0 Å². The van der Waals surface area contributed by atoms with Crippen molar-refractivity contribution >= 4 is 16.7 Å². The van der Waals surface area contributed by atoms with Crippen LogP contribution in [0.15, 0.2) is 30.5 Å². The van der Waals surface area contributed by atoms with Crippen molar-refractivity contribution in [2.24, 2.45) is 5.73 Å². The summed E-state index contributed by atoms with van der Waals surface area (Å²) in [5.74, 6) is 0.0554. The maximum Gasteiger partial charge on any atom is 0.146 e. The van der Waals surface area contributed by atoms with Gasteiger partial charge >= 0.3 is 0 Å². The molecule has 0 amide bonds. The quantitative estimate of drug-likeness (QED) is 0.871. The Kier molecular flexibility index (Phi) is 5.59. The lowest BCUT2D eigenvalue weighted by molar-refractivity contribution is -0.118. The van der Waals surface area contributed by atoms with Gasteiger partial charge in [-0.15, -0.1) is 0 Å². The maximum absolute atomic E-state index is 11.0. The number of carbonyl (C=O) groups excluding carboxylic acids is 1. The highest BCUT2D eigenvalue weighted by atomic mass is 16.1. The van der Waals surface area contributed by atoms with E-state index in [0.717, 1.165) is 11.9 Å². The number of hydrogen-bond acceptors (Lipinski definition) is 2. The van der Waals surface area contributed by atoms with Crippen molar-refractivity contribution in [3.8, 4) is 0 Å². The first-order chi connectivity index (χ1) is 8.68. The van der Waals surface area contributed by atoms with Crippen LogP contribution in [0, 0.1) is 0 Å². The SMILES string of the molecule is CC.CC(=O)[C@@H](N)CCc1c[nH]c2ccccc12. The zero-order valence-corrected chi connectivity index (χ0v) is 11.4. The van der Waals surface area contributed by atoms with Crippen LogP contribution >= 0.6 is 0 Å². The van der Waals surface area contributed by atoms with Gasteiger partial charge in [0.05, 0.1) is 6.04 Å². The molecule has 3 N–H and O–H groups in total. The summed E-state index contributed by atoms with van der Waals surface area (Å²) in [6, 6.07) is 7.81. The van der Waals surface area contributed by atoms with Crippen LogP contribution in [-0.2, 0) is 11.2 Å². The molecule has 0 radical (unpaired) electrons. The average molecular weight is 246 g/mol. The highest BCUT2D eigenvalue weighted by Gasteiger charge is 2.09. The summed E-state index contributed by atoms with van der Waals surface area (Å²) in [5, 5.41) is 1.22. The maximum atomic E-state index is 11.0. The predicted octanol–water partition coefficient (Wildman–Crippen LogP) is 3.04. The summed E-state index contributed by atoms with van der Waals surface area (Å²) in [5.41, 5.74) is 8.08. The van der Waals surface area contributed by atoms with Gasteiger partial charge in [-0.1, -0.05) is 32.0 Å². The molecular formula is C15H22N2O. The topological polar surface area (TPSA) is 58.9 Å². The van der Waals surface area contributed by atoms with Gasteiger partial charge in [0.25, 0.3) is 0 Å². The molecule has 1 heterocycles. The number of aryl methyl sites for hydroxylation is 1. The number of Topliss-reactive ketones (excluding diaryl/α,β-unsaturated/α-hetero) is 1. The molecule has 0 aliphatic heterocycles. The van der Waals surface area contributed by atoms with Crippen molar-refractivity contribution in [2.75, 3.05) is 0 Å². The Labute approximate surface area is 108 Å². The highest BCUT2D eigenvalue weighted by Crippen LogP contribution is 2.19. The lowest BCUT2D eigenvalue weighted by atomic mass is 10.0. The zero-order chi connectivity index (χ0) is 13.5. The Morgan fingerprint density at radius 1 is 1.33 bits per heavy atom. The van der Waals surface area contributed by atoms with Crippen LogP contribution in [0.4, 0.5) is 0 Å². The van der Waals surface area contributed by atoms with Crippen molar-refractivity contribution in [3.63, 3.8) is 0 Å². The molecule has 0 saturated heterocycles. The van der Waals surface area contributed by atoms with Gasteiger partial charge in [-0.3, -0.25) is 4.79 Å². The summed E-state index contributed by atoms with van der Waals surface area (Å²) in [4.78, 5) is 14.2. The number of ketones is 1. The summed E-state index contributed by atoms with van der Waals surface area (Å²) in [7, 11) is 0. The summed E-state index contributed by atoms with van der Waals surface area (Å²) in [6.07, 6.45) is 3.54. The van der Waals surface area contributed by atoms with Crippen molar-refractivity contribution in [3.05, 3.63) is 36.0 Å². The van der Waals surface area contributed by atoms with Crippen LogP contribution in [0.3, 0.4) is 0 Å². The van der Waals surface area contributed by atoms with E-state index in [9.17, 15) is 4.79 Å². The van der Waals surface area contributed by atoms with Crippen molar-refractivity contribution in [1.82, 2.24) is 4.98 Å². The van der Waals surface area contributed by atoms with Gasteiger partial charge < -0.3 is 10.7 Å². The number of para-hydroxylation sites is 1. The third-order valence-electron chi connectivity index (χ3n) is 2.92. The Balaban J connectivity index is 0.000000771. The molecule has 0 spiro atoms. The molecule has 0 aliphatic rings.